The van der Waals surface area contributed by atoms with Crippen LogP contribution < -0.4 is 5.32 Å². The summed E-state index contributed by atoms with van der Waals surface area (Å²) in [5, 5.41) is 2.47. The van der Waals surface area contributed by atoms with Gasteiger partial charge in [-0.15, -0.1) is 0 Å². The molecule has 84 valence electrons. The lowest BCUT2D eigenvalue weighted by Crippen LogP contribution is -2.50. The molecular weight excluding hydrogens is 192 g/mol. The first-order valence-corrected chi connectivity index (χ1v) is 5.62. The quantitative estimate of drug-likeness (QED) is 0.642. The second kappa shape index (κ2) is 3.59. The predicted octanol–water partition coefficient (Wildman–Crippen LogP) is 0.523. The molecule has 1 N–H and O–H groups in total. The van der Waals surface area contributed by atoms with Gasteiger partial charge in [-0.05, 0) is 33.2 Å². The molecule has 15 heavy (non-hydrogen) atoms. The minimum atomic E-state index is -0.280. The minimum absolute atomic E-state index is 0.0538. The highest BCUT2D eigenvalue weighted by Gasteiger charge is 2.47. The summed E-state index contributed by atoms with van der Waals surface area (Å²) in [7, 11) is 0. The monoisotopic (exact) mass is 210 g/mol. The Balaban J connectivity index is 2.09. The summed E-state index contributed by atoms with van der Waals surface area (Å²) >= 11 is 0. The largest absolute Gasteiger partial charge is 0.300 e. The number of piperidine rings is 1. The Morgan fingerprint density at radius 3 is 2.60 bits per heavy atom. The molecule has 2 aliphatic rings. The second-order valence-corrected chi connectivity index (χ2v) is 4.97. The van der Waals surface area contributed by atoms with Crippen molar-refractivity contribution in [3.8, 4) is 0 Å². The Labute approximate surface area is 90.0 Å². The number of hydrogen-bond donors (Lipinski definition) is 1. The Morgan fingerprint density at radius 1 is 1.33 bits per heavy atom. The van der Waals surface area contributed by atoms with Gasteiger partial charge in [-0.3, -0.25) is 19.8 Å². The lowest BCUT2D eigenvalue weighted by molar-refractivity contribution is -0.141. The molecule has 2 rings (SSSR count). The molecule has 4 nitrogen and oxygen atoms in total. The Hall–Kier alpha value is -0.900. The Morgan fingerprint density at radius 2 is 2.07 bits per heavy atom. The highest BCUT2D eigenvalue weighted by molar-refractivity contribution is 6.00. The third kappa shape index (κ3) is 1.78. The molecule has 1 unspecified atom stereocenters. The highest BCUT2D eigenvalue weighted by atomic mass is 16.2. The van der Waals surface area contributed by atoms with Crippen LogP contribution in [0.1, 0.15) is 33.1 Å². The van der Waals surface area contributed by atoms with Crippen molar-refractivity contribution >= 4 is 11.8 Å². The van der Waals surface area contributed by atoms with E-state index in [-0.39, 0.29) is 17.2 Å². The van der Waals surface area contributed by atoms with E-state index in [4.69, 9.17) is 0 Å². The van der Waals surface area contributed by atoms with E-state index in [0.29, 0.717) is 12.5 Å². The van der Waals surface area contributed by atoms with Crippen molar-refractivity contribution in [1.82, 2.24) is 10.2 Å². The number of rotatable bonds is 1. The Bertz CT molecular complexity index is 301. The molecule has 0 aliphatic carbocycles. The maximum Gasteiger partial charge on any atom is 0.234 e. The van der Waals surface area contributed by atoms with Gasteiger partial charge in [0.15, 0.2) is 0 Å². The first-order chi connectivity index (χ1) is 7.03. The highest BCUT2D eigenvalue weighted by Crippen LogP contribution is 2.38. The van der Waals surface area contributed by atoms with Crippen LogP contribution in [-0.4, -0.2) is 35.8 Å². The van der Waals surface area contributed by atoms with Crippen LogP contribution in [0.25, 0.3) is 0 Å². The van der Waals surface area contributed by atoms with E-state index in [9.17, 15) is 9.59 Å². The fourth-order valence-corrected chi connectivity index (χ4v) is 2.52. The summed E-state index contributed by atoms with van der Waals surface area (Å²) < 4.78 is 0. The number of imide groups is 1. The molecule has 2 heterocycles. The molecule has 4 heteroatoms. The summed E-state index contributed by atoms with van der Waals surface area (Å²) in [5.74, 6) is -0.171. The molecule has 2 amide bonds. The molecule has 1 spiro atoms. The summed E-state index contributed by atoms with van der Waals surface area (Å²) in [4.78, 5) is 25.2. The number of nitrogens with zero attached hydrogens (tertiary/aromatic N) is 1. The summed E-state index contributed by atoms with van der Waals surface area (Å²) in [5.41, 5.74) is -0.280. The molecule has 2 saturated heterocycles. The van der Waals surface area contributed by atoms with E-state index in [2.05, 4.69) is 24.1 Å². The van der Waals surface area contributed by atoms with Crippen LogP contribution in [-0.2, 0) is 9.59 Å². The fourth-order valence-electron chi connectivity index (χ4n) is 2.52. The van der Waals surface area contributed by atoms with E-state index in [1.165, 1.54) is 0 Å². The number of likely N-dealkylation sites (tertiary alicyclic amines) is 1. The maximum absolute atomic E-state index is 11.8. The standard InChI is InChI=1S/C11H18N2O2/c1-8(2)13-6-5-11(7-13)4-3-9(14)12-10(11)15/h8H,3-7H2,1-2H3,(H,12,14,15). The van der Waals surface area contributed by atoms with E-state index in [1.54, 1.807) is 0 Å². The third-order valence-corrected chi connectivity index (χ3v) is 3.68. The maximum atomic E-state index is 11.8. The fraction of sp³-hybridized carbons (Fsp3) is 0.818. The van der Waals surface area contributed by atoms with E-state index < -0.39 is 0 Å². The number of carbonyl (C=O) groups excluding carboxylic acids is 2. The van der Waals surface area contributed by atoms with Gasteiger partial charge in [0, 0.05) is 19.0 Å². The van der Waals surface area contributed by atoms with E-state index in [1.807, 2.05) is 0 Å². The molecule has 0 aromatic heterocycles. The number of hydrogen-bond acceptors (Lipinski definition) is 3. The van der Waals surface area contributed by atoms with Gasteiger partial charge < -0.3 is 0 Å². The smallest absolute Gasteiger partial charge is 0.234 e. The van der Waals surface area contributed by atoms with Crippen molar-refractivity contribution in [3.05, 3.63) is 0 Å². The van der Waals surface area contributed by atoms with Gasteiger partial charge in [-0.2, -0.15) is 0 Å². The topological polar surface area (TPSA) is 49.4 Å². The first-order valence-electron chi connectivity index (χ1n) is 5.62. The molecule has 2 fully saturated rings. The van der Waals surface area contributed by atoms with Gasteiger partial charge in [0.2, 0.25) is 11.8 Å². The number of carbonyl (C=O) groups is 2. The molecule has 2 aliphatic heterocycles. The van der Waals surface area contributed by atoms with Gasteiger partial charge in [-0.1, -0.05) is 0 Å². The van der Waals surface area contributed by atoms with Crippen LogP contribution in [0.5, 0.6) is 0 Å². The van der Waals surface area contributed by atoms with Crippen molar-refractivity contribution in [2.75, 3.05) is 13.1 Å². The molecule has 0 saturated carbocycles. The van der Waals surface area contributed by atoms with Gasteiger partial charge in [-0.25, -0.2) is 0 Å². The second-order valence-electron chi connectivity index (χ2n) is 4.97. The summed E-state index contributed by atoms with van der Waals surface area (Å²) in [6, 6.07) is 0.481. The lowest BCUT2D eigenvalue weighted by atomic mass is 9.79. The van der Waals surface area contributed by atoms with Crippen LogP contribution >= 0.6 is 0 Å². The lowest BCUT2D eigenvalue weighted by Gasteiger charge is -2.32. The van der Waals surface area contributed by atoms with Crippen LogP contribution in [0, 0.1) is 5.41 Å². The average Bonchev–Trinajstić information content (AvgIpc) is 2.58. The van der Waals surface area contributed by atoms with E-state index >= 15 is 0 Å². The zero-order chi connectivity index (χ0) is 11.1. The van der Waals surface area contributed by atoms with Crippen LogP contribution in [0.2, 0.25) is 0 Å². The van der Waals surface area contributed by atoms with Crippen molar-refractivity contribution in [2.24, 2.45) is 5.41 Å². The SMILES string of the molecule is CC(C)N1CCC2(CCC(=O)NC2=O)C1. The van der Waals surface area contributed by atoms with Crippen molar-refractivity contribution in [1.29, 1.82) is 0 Å². The summed E-state index contributed by atoms with van der Waals surface area (Å²) in [6.07, 6.45) is 2.11. The zero-order valence-electron chi connectivity index (χ0n) is 9.38. The minimum Gasteiger partial charge on any atom is -0.300 e. The van der Waals surface area contributed by atoms with Crippen molar-refractivity contribution < 1.29 is 9.59 Å². The van der Waals surface area contributed by atoms with Crippen molar-refractivity contribution in [2.45, 2.75) is 39.2 Å². The number of nitrogens with one attached hydrogen (secondary N) is 1. The van der Waals surface area contributed by atoms with Gasteiger partial charge >= 0.3 is 0 Å². The van der Waals surface area contributed by atoms with Crippen molar-refractivity contribution in [3.63, 3.8) is 0 Å². The molecular formula is C11H18N2O2. The number of amides is 2. The third-order valence-electron chi connectivity index (χ3n) is 3.68. The molecule has 0 radical (unpaired) electrons. The molecule has 0 bridgehead atoms. The molecule has 0 aromatic carbocycles. The zero-order valence-corrected chi connectivity index (χ0v) is 9.38. The molecule has 1 atom stereocenters. The molecule has 0 aromatic rings. The summed E-state index contributed by atoms with van der Waals surface area (Å²) in [6.45, 7) is 6.07. The average molecular weight is 210 g/mol. The first kappa shape index (κ1) is 10.6. The van der Waals surface area contributed by atoms with Crippen LogP contribution in [0.4, 0.5) is 0 Å². The normalized spacial score (nSPS) is 32.7. The van der Waals surface area contributed by atoms with Gasteiger partial charge in [0.25, 0.3) is 0 Å². The van der Waals surface area contributed by atoms with Gasteiger partial charge in [0.05, 0.1) is 5.41 Å². The van der Waals surface area contributed by atoms with Crippen LogP contribution in [0.3, 0.4) is 0 Å². The predicted molar refractivity (Wildman–Crippen MR) is 56.1 cm³/mol. The van der Waals surface area contributed by atoms with E-state index in [0.717, 1.165) is 25.9 Å². The Kier molecular flexibility index (Phi) is 2.54. The van der Waals surface area contributed by atoms with Gasteiger partial charge in [0.1, 0.15) is 0 Å². The van der Waals surface area contributed by atoms with Crippen LogP contribution in [0.15, 0.2) is 0 Å².